The lowest BCUT2D eigenvalue weighted by Crippen LogP contribution is -2.56. The monoisotopic (exact) mass is 407 g/mol. The molecule has 0 saturated carbocycles. The maximum Gasteiger partial charge on any atom is 0.407 e. The van der Waals surface area contributed by atoms with Crippen LogP contribution in [0, 0.1) is 5.92 Å². The molecule has 1 aliphatic heterocycles. The Kier molecular flexibility index (Phi) is 8.29. The van der Waals surface area contributed by atoms with Crippen molar-refractivity contribution in [1.29, 1.82) is 0 Å². The first-order valence-electron chi connectivity index (χ1n) is 10.0. The molecule has 2 amide bonds. The van der Waals surface area contributed by atoms with E-state index in [1.54, 1.807) is 29.7 Å². The van der Waals surface area contributed by atoms with Crippen molar-refractivity contribution in [3.05, 3.63) is 12.4 Å². The minimum absolute atomic E-state index is 0.00409. The van der Waals surface area contributed by atoms with Gasteiger partial charge in [0.2, 0.25) is 5.91 Å². The van der Waals surface area contributed by atoms with E-state index in [0.717, 1.165) is 12.1 Å². The van der Waals surface area contributed by atoms with E-state index in [9.17, 15) is 9.59 Å². The lowest BCUT2D eigenvalue weighted by molar-refractivity contribution is -0.120. The Morgan fingerprint density at radius 2 is 2.14 bits per heavy atom. The summed E-state index contributed by atoms with van der Waals surface area (Å²) in [5.41, 5.74) is 0.802. The van der Waals surface area contributed by atoms with E-state index in [-0.39, 0.29) is 18.5 Å². The molecule has 1 aromatic heterocycles. The summed E-state index contributed by atoms with van der Waals surface area (Å²) in [6.45, 7) is 8.26. The third-order valence-corrected chi connectivity index (χ3v) is 4.59. The van der Waals surface area contributed by atoms with Crippen LogP contribution in [0.25, 0.3) is 0 Å². The van der Waals surface area contributed by atoms with E-state index in [1.165, 1.54) is 0 Å². The van der Waals surface area contributed by atoms with Gasteiger partial charge in [0.1, 0.15) is 6.54 Å². The van der Waals surface area contributed by atoms with Crippen LogP contribution in [0.1, 0.15) is 27.2 Å². The van der Waals surface area contributed by atoms with Crippen LogP contribution in [0.5, 0.6) is 0 Å². The maximum absolute atomic E-state index is 12.6. The van der Waals surface area contributed by atoms with Gasteiger partial charge in [-0.05, 0) is 19.3 Å². The summed E-state index contributed by atoms with van der Waals surface area (Å²) in [7, 11) is 3.52. The van der Waals surface area contributed by atoms with Crippen LogP contribution in [0.4, 0.5) is 10.5 Å². The number of amides is 2. The molecule has 10 nitrogen and oxygen atoms in total. The molecule has 0 radical (unpaired) electrons. The summed E-state index contributed by atoms with van der Waals surface area (Å²) in [4.78, 5) is 32.4. The van der Waals surface area contributed by atoms with Gasteiger partial charge in [0.05, 0.1) is 18.5 Å². The van der Waals surface area contributed by atoms with E-state index >= 15 is 0 Å². The Bertz CT molecular complexity index is 716. The normalized spacial score (nSPS) is 16.2. The van der Waals surface area contributed by atoms with Gasteiger partial charge in [-0.25, -0.2) is 4.79 Å². The topological polar surface area (TPSA) is 104 Å². The maximum atomic E-state index is 12.6. The second-order valence-electron chi connectivity index (χ2n) is 7.46. The molecule has 1 unspecified atom stereocenters. The first kappa shape index (κ1) is 22.5. The van der Waals surface area contributed by atoms with Crippen molar-refractivity contribution in [2.45, 2.75) is 33.2 Å². The highest BCUT2D eigenvalue weighted by atomic mass is 16.5. The molecule has 1 aromatic rings. The summed E-state index contributed by atoms with van der Waals surface area (Å²) in [5, 5.41) is 10.3. The van der Waals surface area contributed by atoms with Crippen LogP contribution in [-0.4, -0.2) is 78.5 Å². The van der Waals surface area contributed by atoms with Gasteiger partial charge in [-0.15, -0.1) is 0 Å². The second-order valence-corrected chi connectivity index (χ2v) is 7.46. The molecule has 0 aromatic carbocycles. The van der Waals surface area contributed by atoms with E-state index in [2.05, 4.69) is 34.6 Å². The highest BCUT2D eigenvalue weighted by Crippen LogP contribution is 2.16. The zero-order valence-electron chi connectivity index (χ0n) is 18.0. The molecule has 1 fully saturated rings. The Morgan fingerprint density at radius 1 is 1.38 bits per heavy atom. The molecule has 2 heterocycles. The molecule has 0 aliphatic carbocycles. The summed E-state index contributed by atoms with van der Waals surface area (Å²) >= 11 is 0. The number of carbonyl (C=O) groups excluding carboxylic acids is 2. The van der Waals surface area contributed by atoms with E-state index in [1.807, 2.05) is 18.1 Å². The van der Waals surface area contributed by atoms with Gasteiger partial charge in [-0.1, -0.05) is 13.8 Å². The standard InChI is InChI=1S/C19H33N7O3/c1-6-29-19(28)23-15(9-14(2)3)10-21-18(20-4)25-7-8-26(17(27)13-25)16-11-22-24(5)12-16/h11-12,14-15H,6-10,13H2,1-5H3,(H,20,21)(H,23,28). The van der Waals surface area contributed by atoms with Crippen molar-refractivity contribution in [2.24, 2.45) is 18.0 Å². The van der Waals surface area contributed by atoms with E-state index < -0.39 is 6.09 Å². The number of ether oxygens (including phenoxy) is 1. The molecule has 162 valence electrons. The SMILES string of the molecule is CCOC(=O)NC(CNC(=NC)N1CCN(c2cnn(C)c2)C(=O)C1)CC(C)C. The van der Waals surface area contributed by atoms with Crippen molar-refractivity contribution in [3.8, 4) is 0 Å². The summed E-state index contributed by atoms with van der Waals surface area (Å²) < 4.78 is 6.68. The molecule has 1 atom stereocenters. The molecule has 10 heteroatoms. The lowest BCUT2D eigenvalue weighted by Gasteiger charge is -2.35. The molecule has 29 heavy (non-hydrogen) atoms. The van der Waals surface area contributed by atoms with Crippen LogP contribution in [-0.2, 0) is 16.6 Å². The number of piperazine rings is 1. The highest BCUT2D eigenvalue weighted by Gasteiger charge is 2.28. The number of guanidine groups is 1. The van der Waals surface area contributed by atoms with Crippen molar-refractivity contribution in [2.75, 3.05) is 44.7 Å². The third kappa shape index (κ3) is 6.65. The molecular weight excluding hydrogens is 374 g/mol. The van der Waals surface area contributed by atoms with Gasteiger partial charge >= 0.3 is 6.09 Å². The van der Waals surface area contributed by atoms with E-state index in [4.69, 9.17) is 4.74 Å². The van der Waals surface area contributed by atoms with Gasteiger partial charge in [0.25, 0.3) is 0 Å². The number of carbonyl (C=O) groups is 2. The number of rotatable bonds is 7. The molecular formula is C19H33N7O3. The predicted molar refractivity (Wildman–Crippen MR) is 112 cm³/mol. The lowest BCUT2D eigenvalue weighted by atomic mass is 10.0. The van der Waals surface area contributed by atoms with E-state index in [0.29, 0.717) is 38.1 Å². The minimum atomic E-state index is -0.421. The number of alkyl carbamates (subject to hydrolysis) is 1. The molecule has 0 bridgehead atoms. The second kappa shape index (κ2) is 10.7. The number of aryl methyl sites for hydroxylation is 1. The Hall–Kier alpha value is -2.78. The Labute approximate surface area is 172 Å². The third-order valence-electron chi connectivity index (χ3n) is 4.59. The quantitative estimate of drug-likeness (QED) is 0.512. The first-order valence-corrected chi connectivity index (χ1v) is 10.0. The van der Waals surface area contributed by atoms with Crippen LogP contribution >= 0.6 is 0 Å². The number of aliphatic imine (C=N–C) groups is 1. The Balaban J connectivity index is 1.93. The number of aromatic nitrogens is 2. The number of nitrogens with zero attached hydrogens (tertiary/aromatic N) is 5. The van der Waals surface area contributed by atoms with Crippen molar-refractivity contribution >= 4 is 23.6 Å². The predicted octanol–water partition coefficient (Wildman–Crippen LogP) is 0.805. The van der Waals surface area contributed by atoms with Gasteiger partial charge in [-0.2, -0.15) is 5.10 Å². The van der Waals surface area contributed by atoms with Crippen LogP contribution in [0.3, 0.4) is 0 Å². The summed E-state index contributed by atoms with van der Waals surface area (Å²) in [5.74, 6) is 1.05. The zero-order valence-corrected chi connectivity index (χ0v) is 18.0. The number of hydrogen-bond acceptors (Lipinski definition) is 5. The fraction of sp³-hybridized carbons (Fsp3) is 0.684. The molecule has 2 N–H and O–H groups in total. The summed E-state index contributed by atoms with van der Waals surface area (Å²) in [6, 6.07) is -0.0989. The van der Waals surface area contributed by atoms with Gasteiger partial charge in [-0.3, -0.25) is 14.5 Å². The first-order chi connectivity index (χ1) is 13.8. The highest BCUT2D eigenvalue weighted by molar-refractivity contribution is 5.98. The molecule has 2 rings (SSSR count). The zero-order chi connectivity index (χ0) is 21.4. The van der Waals surface area contributed by atoms with Gasteiger partial charge < -0.3 is 25.2 Å². The smallest absolute Gasteiger partial charge is 0.407 e. The fourth-order valence-corrected chi connectivity index (χ4v) is 3.32. The number of anilines is 1. The minimum Gasteiger partial charge on any atom is -0.450 e. The average molecular weight is 408 g/mol. The Morgan fingerprint density at radius 3 is 2.69 bits per heavy atom. The van der Waals surface area contributed by atoms with Gasteiger partial charge in [0.15, 0.2) is 5.96 Å². The molecule has 1 saturated heterocycles. The summed E-state index contributed by atoms with van der Waals surface area (Å²) in [6.07, 6.45) is 3.91. The van der Waals surface area contributed by atoms with Gasteiger partial charge in [0, 0.05) is 46.0 Å². The van der Waals surface area contributed by atoms with Crippen molar-refractivity contribution in [3.63, 3.8) is 0 Å². The van der Waals surface area contributed by atoms with Crippen LogP contribution < -0.4 is 15.5 Å². The molecule has 1 aliphatic rings. The number of hydrogen-bond donors (Lipinski definition) is 2. The van der Waals surface area contributed by atoms with Crippen LogP contribution in [0.15, 0.2) is 17.4 Å². The van der Waals surface area contributed by atoms with Crippen LogP contribution in [0.2, 0.25) is 0 Å². The van der Waals surface area contributed by atoms with Crippen molar-refractivity contribution in [1.82, 2.24) is 25.3 Å². The average Bonchev–Trinajstić information content (AvgIpc) is 3.08. The molecule has 0 spiro atoms. The number of nitrogens with one attached hydrogen (secondary N) is 2. The largest absolute Gasteiger partial charge is 0.450 e. The fourth-order valence-electron chi connectivity index (χ4n) is 3.32. The van der Waals surface area contributed by atoms with Crippen molar-refractivity contribution < 1.29 is 14.3 Å².